The molecule has 5 rings (SSSR count). The molecule has 0 amide bonds. The van der Waals surface area contributed by atoms with Gasteiger partial charge >= 0.3 is 0 Å². The Morgan fingerprint density at radius 3 is 2.15 bits per heavy atom. The molecule has 0 fully saturated rings. The van der Waals surface area contributed by atoms with Crippen LogP contribution in [-0.2, 0) is 6.42 Å². The number of fused-ring (bicyclic) bond motifs is 8. The van der Waals surface area contributed by atoms with Crippen molar-refractivity contribution < 1.29 is 0 Å². The number of hydrogen-bond acceptors (Lipinski definition) is 2. The fourth-order valence-corrected chi connectivity index (χ4v) is 6.85. The third kappa shape index (κ3) is 5.21. The average molecular weight is 665 g/mol. The molecule has 2 unspecified atom stereocenters. The van der Waals surface area contributed by atoms with Gasteiger partial charge in [-0.05, 0) is 117 Å². The third-order valence-corrected chi connectivity index (χ3v) is 9.79. The molecule has 2 aromatic heterocycles. The van der Waals surface area contributed by atoms with Crippen LogP contribution in [0.2, 0.25) is 0 Å². The zero-order valence-corrected chi connectivity index (χ0v) is 27.2. The fourth-order valence-electron chi connectivity index (χ4n) is 6.29. The molecule has 0 spiro atoms. The Morgan fingerprint density at radius 1 is 0.775 bits per heavy atom. The Balaban J connectivity index is 1.79. The molecule has 2 aromatic rings. The van der Waals surface area contributed by atoms with Crippen molar-refractivity contribution in [3.63, 3.8) is 0 Å². The van der Waals surface area contributed by atoms with Gasteiger partial charge in [0.15, 0.2) is 0 Å². The molecule has 3 aliphatic heterocycles. The van der Waals surface area contributed by atoms with Crippen molar-refractivity contribution in [1.82, 2.24) is 20.6 Å². The van der Waals surface area contributed by atoms with E-state index >= 15 is 0 Å². The van der Waals surface area contributed by atoms with Crippen LogP contribution in [-0.4, -0.2) is 32.7 Å². The molecule has 0 radical (unpaired) electrons. The van der Waals surface area contributed by atoms with Crippen LogP contribution in [0.15, 0.2) is 52.9 Å². The summed E-state index contributed by atoms with van der Waals surface area (Å²) in [6.07, 6.45) is 17.5. The molecule has 0 aromatic carbocycles. The first-order valence-electron chi connectivity index (χ1n) is 14.2. The van der Waals surface area contributed by atoms with Gasteiger partial charge in [-0.25, -0.2) is 0 Å². The van der Waals surface area contributed by atoms with E-state index in [1.807, 2.05) is 12.2 Å². The Labute approximate surface area is 255 Å². The number of hydrogen-bond donors (Lipinski definition) is 4. The zero-order chi connectivity index (χ0) is 28.6. The molecule has 4 N–H and O–H groups in total. The van der Waals surface area contributed by atoms with Gasteiger partial charge in [0.05, 0.1) is 12.1 Å². The Kier molecular flexibility index (Phi) is 8.67. The first kappa shape index (κ1) is 28.8. The molecule has 4 nitrogen and oxygen atoms in total. The predicted octanol–water partition coefficient (Wildman–Crippen LogP) is 6.82. The monoisotopic (exact) mass is 662 g/mol. The van der Waals surface area contributed by atoms with E-state index in [1.165, 1.54) is 50.4 Å². The van der Waals surface area contributed by atoms with E-state index in [1.54, 1.807) is 0 Å². The highest BCUT2D eigenvalue weighted by Crippen LogP contribution is 2.34. The van der Waals surface area contributed by atoms with Crippen molar-refractivity contribution in [2.75, 3.05) is 10.7 Å². The summed E-state index contributed by atoms with van der Waals surface area (Å²) in [5.74, 6) is 0. The summed E-state index contributed by atoms with van der Waals surface area (Å²) in [5.41, 5.74) is 15.0. The van der Waals surface area contributed by atoms with Crippen LogP contribution in [0, 0.1) is 13.8 Å². The summed E-state index contributed by atoms with van der Waals surface area (Å²) in [4.78, 5) is 7.54. The van der Waals surface area contributed by atoms with Crippen LogP contribution < -0.4 is 21.3 Å². The van der Waals surface area contributed by atoms with Gasteiger partial charge < -0.3 is 20.6 Å². The predicted molar refractivity (Wildman–Crippen MR) is 180 cm³/mol. The normalized spacial score (nSPS) is 24.2. The molecule has 0 aliphatic carbocycles. The van der Waals surface area contributed by atoms with Crippen molar-refractivity contribution in [3.8, 4) is 0 Å². The maximum Gasteiger partial charge on any atom is 0.0724 e. The van der Waals surface area contributed by atoms with E-state index in [0.717, 1.165) is 64.0 Å². The third-order valence-electron chi connectivity index (χ3n) is 8.67. The molecule has 40 heavy (non-hydrogen) atoms. The van der Waals surface area contributed by atoms with Gasteiger partial charge in [-0.3, -0.25) is 0 Å². The van der Waals surface area contributed by atoms with Crippen molar-refractivity contribution in [3.05, 3.63) is 97.3 Å². The highest BCUT2D eigenvalue weighted by atomic mass is 79.9. The lowest BCUT2D eigenvalue weighted by molar-refractivity contribution is 0.840. The van der Waals surface area contributed by atoms with E-state index in [4.69, 9.17) is 0 Å². The van der Waals surface area contributed by atoms with Gasteiger partial charge in [0, 0.05) is 49.7 Å². The summed E-state index contributed by atoms with van der Waals surface area (Å²) >= 11 is 7.30. The number of rotatable bonds is 8. The summed E-state index contributed by atoms with van der Waals surface area (Å²) in [6.45, 7) is 17.2. The second-order valence-electron chi connectivity index (χ2n) is 11.0. The molecule has 8 bridgehead atoms. The minimum absolute atomic E-state index is 0.0377. The molecule has 3 aliphatic rings. The maximum atomic E-state index is 4.16. The lowest BCUT2D eigenvalue weighted by Gasteiger charge is -2.10. The van der Waals surface area contributed by atoms with E-state index in [9.17, 15) is 0 Å². The molecule has 5 heterocycles. The fraction of sp³-hybridized carbons (Fsp3) is 0.353. The van der Waals surface area contributed by atoms with Crippen LogP contribution in [0.3, 0.4) is 0 Å². The standard InChI is InChI=1S/C34H40Br2N4/c1-7-23-19(3)27-15-28-21(5)25(11-9-13-35)33(39-28)18-34-26(12-10-14-36)22(6)30(40-34)17-32-24(8-2)20(4)29(38-32)16-31(23)37-27/h7-8,15-18,30-31,37-40H,1-2,9-14H2,3-6H3/b27-15-,29-16-,32-17-,34-18-. The number of allylic oxidation sites excluding steroid dienone is 2. The van der Waals surface area contributed by atoms with Gasteiger partial charge in [-0.15, -0.1) is 0 Å². The van der Waals surface area contributed by atoms with Crippen LogP contribution in [0.4, 0.5) is 0 Å². The second-order valence-corrected chi connectivity index (χ2v) is 12.6. The Bertz CT molecular complexity index is 1610. The largest absolute Gasteiger partial charge is 0.375 e. The van der Waals surface area contributed by atoms with Gasteiger partial charge in [-0.2, -0.15) is 0 Å². The molecule has 210 valence electrons. The highest BCUT2D eigenvalue weighted by Gasteiger charge is 2.27. The number of aromatic nitrogens is 2. The van der Waals surface area contributed by atoms with Gasteiger partial charge in [0.2, 0.25) is 0 Å². The summed E-state index contributed by atoms with van der Waals surface area (Å²) in [5, 5.41) is 11.9. The smallest absolute Gasteiger partial charge is 0.0724 e. The number of H-pyrrole nitrogens is 2. The number of aromatic amines is 2. The van der Waals surface area contributed by atoms with E-state index in [2.05, 4.69) is 118 Å². The van der Waals surface area contributed by atoms with Gasteiger partial charge in [-0.1, -0.05) is 57.2 Å². The van der Waals surface area contributed by atoms with Crippen molar-refractivity contribution in [2.24, 2.45) is 0 Å². The minimum Gasteiger partial charge on any atom is -0.375 e. The van der Waals surface area contributed by atoms with Gasteiger partial charge in [0.25, 0.3) is 0 Å². The molecule has 6 heteroatoms. The molecule has 0 saturated carbocycles. The zero-order valence-electron chi connectivity index (χ0n) is 24.0. The second kappa shape index (κ2) is 12.0. The van der Waals surface area contributed by atoms with Crippen molar-refractivity contribution in [1.29, 1.82) is 0 Å². The van der Waals surface area contributed by atoms with Gasteiger partial charge in [0.1, 0.15) is 0 Å². The topological polar surface area (TPSA) is 55.6 Å². The van der Waals surface area contributed by atoms with E-state index < -0.39 is 0 Å². The minimum atomic E-state index is 0.0377. The summed E-state index contributed by atoms with van der Waals surface area (Å²) in [6, 6.07) is 0.147. The van der Waals surface area contributed by atoms with E-state index in [-0.39, 0.29) is 12.1 Å². The summed E-state index contributed by atoms with van der Waals surface area (Å²) in [7, 11) is 0. The van der Waals surface area contributed by atoms with Crippen LogP contribution in [0.25, 0.3) is 30.4 Å². The SMILES string of the molecule is C=CC1=C(C)/C2=C/c3[nH]c(c(CCCBr)c3C)/C=C3\NC(/C=c4\[nH]/c(c(C)c4C=C)=C\C1N2)C(C)=C3CCCBr. The summed E-state index contributed by atoms with van der Waals surface area (Å²) < 4.78 is 0. The number of halogens is 2. The molecule has 0 saturated heterocycles. The van der Waals surface area contributed by atoms with E-state index in [0.29, 0.717) is 0 Å². The number of nitrogens with one attached hydrogen (secondary N) is 4. The molecular weight excluding hydrogens is 624 g/mol. The van der Waals surface area contributed by atoms with Crippen LogP contribution in [0.1, 0.15) is 66.8 Å². The van der Waals surface area contributed by atoms with Crippen molar-refractivity contribution >= 4 is 62.2 Å². The lowest BCUT2D eigenvalue weighted by atomic mass is 9.99. The Hall–Kier alpha value is -2.70. The number of alkyl halides is 2. The molecule has 2 atom stereocenters. The highest BCUT2D eigenvalue weighted by molar-refractivity contribution is 9.09. The van der Waals surface area contributed by atoms with Crippen LogP contribution in [0.5, 0.6) is 0 Å². The van der Waals surface area contributed by atoms with Crippen molar-refractivity contribution in [2.45, 2.75) is 65.5 Å². The molecular formula is C34H40Br2N4. The quantitative estimate of drug-likeness (QED) is 0.234. The maximum absolute atomic E-state index is 4.16. The average Bonchev–Trinajstić information content (AvgIpc) is 3.59. The Morgan fingerprint density at radius 2 is 1.45 bits per heavy atom. The van der Waals surface area contributed by atoms with Crippen LogP contribution >= 0.6 is 31.9 Å². The first-order valence-corrected chi connectivity index (χ1v) is 16.4. The first-order chi connectivity index (χ1) is 19.3. The lowest BCUT2D eigenvalue weighted by Crippen LogP contribution is -2.26.